The van der Waals surface area contributed by atoms with Crippen molar-refractivity contribution in [2.45, 2.75) is 6.54 Å². The molecule has 5 heteroatoms. The minimum atomic E-state index is -0.388. The van der Waals surface area contributed by atoms with Crippen LogP contribution in [0.25, 0.3) is 12.2 Å². The lowest BCUT2D eigenvalue weighted by Gasteiger charge is -2.01. The van der Waals surface area contributed by atoms with Gasteiger partial charge >= 0.3 is 5.82 Å². The number of hydrogen-bond acceptors (Lipinski definition) is 3. The maximum Gasteiger partial charge on any atom is 0.350 e. The van der Waals surface area contributed by atoms with Crippen LogP contribution in [0.2, 0.25) is 0 Å². The Morgan fingerprint density at radius 3 is 2.30 bits per heavy atom. The van der Waals surface area contributed by atoms with E-state index in [1.54, 1.807) is 10.6 Å². The van der Waals surface area contributed by atoms with Gasteiger partial charge in [0.2, 0.25) is 0 Å². The Balaban J connectivity index is 1.90. The molecular formula is C18H15N3O2. The van der Waals surface area contributed by atoms with Crippen LogP contribution < -0.4 is 0 Å². The number of rotatable bonds is 5. The predicted molar refractivity (Wildman–Crippen MR) is 89.8 cm³/mol. The van der Waals surface area contributed by atoms with Crippen molar-refractivity contribution in [1.82, 2.24) is 9.55 Å². The first-order valence-corrected chi connectivity index (χ1v) is 7.20. The van der Waals surface area contributed by atoms with Crippen LogP contribution in [-0.2, 0) is 6.54 Å². The normalized spacial score (nSPS) is 11.0. The van der Waals surface area contributed by atoms with Crippen LogP contribution in [0, 0.1) is 10.1 Å². The van der Waals surface area contributed by atoms with Crippen LogP contribution >= 0.6 is 0 Å². The lowest BCUT2D eigenvalue weighted by atomic mass is 10.2. The zero-order chi connectivity index (χ0) is 16.1. The molecule has 0 N–H and O–H groups in total. The van der Waals surface area contributed by atoms with Gasteiger partial charge in [-0.05, 0) is 22.1 Å². The molecule has 0 amide bonds. The Morgan fingerprint density at radius 2 is 1.65 bits per heavy atom. The number of nitro groups is 1. The molecule has 0 radical (unpaired) electrons. The Labute approximate surface area is 133 Å². The van der Waals surface area contributed by atoms with Crippen molar-refractivity contribution in [2.75, 3.05) is 0 Å². The Kier molecular flexibility index (Phi) is 4.29. The fraction of sp³-hybridized carbons (Fsp3) is 0.0556. The van der Waals surface area contributed by atoms with E-state index in [0.717, 1.165) is 11.1 Å². The molecule has 3 aromatic rings. The topological polar surface area (TPSA) is 61.0 Å². The molecule has 0 spiro atoms. The maximum absolute atomic E-state index is 11.4. The molecule has 0 fully saturated rings. The molecule has 3 rings (SSSR count). The lowest BCUT2D eigenvalue weighted by Crippen LogP contribution is -2.03. The van der Waals surface area contributed by atoms with Crippen molar-refractivity contribution in [3.05, 3.63) is 93.9 Å². The van der Waals surface area contributed by atoms with Gasteiger partial charge in [-0.2, -0.15) is 0 Å². The summed E-state index contributed by atoms with van der Waals surface area (Å²) in [4.78, 5) is 15.2. The summed E-state index contributed by atoms with van der Waals surface area (Å²) in [6.07, 6.45) is 5.01. The van der Waals surface area contributed by atoms with E-state index in [0.29, 0.717) is 12.2 Å². The molecule has 1 heterocycles. The monoisotopic (exact) mass is 305 g/mol. The van der Waals surface area contributed by atoms with Gasteiger partial charge in [-0.3, -0.25) is 0 Å². The Morgan fingerprint density at radius 1 is 1.00 bits per heavy atom. The number of imidazole rings is 1. The molecule has 114 valence electrons. The highest BCUT2D eigenvalue weighted by Gasteiger charge is 2.19. The number of hydrogen-bond donors (Lipinski definition) is 0. The van der Waals surface area contributed by atoms with Crippen LogP contribution in [0.1, 0.15) is 16.8 Å². The average molecular weight is 305 g/mol. The molecule has 0 aliphatic heterocycles. The standard InChI is InChI=1S/C18H15N3O2/c22-21(23)18-17(12-11-15-7-3-1-4-8-15)19-14-20(18)13-16-9-5-2-6-10-16/h1-12,14H,13H2/b12-11+. The third-order valence-corrected chi connectivity index (χ3v) is 3.44. The predicted octanol–water partition coefficient (Wildman–Crippen LogP) is 4.01. The molecule has 23 heavy (non-hydrogen) atoms. The van der Waals surface area contributed by atoms with E-state index in [1.165, 1.54) is 6.33 Å². The Bertz CT molecular complexity index is 824. The summed E-state index contributed by atoms with van der Waals surface area (Å²) >= 11 is 0. The van der Waals surface area contributed by atoms with Gasteiger partial charge in [0.25, 0.3) is 0 Å². The summed E-state index contributed by atoms with van der Waals surface area (Å²) in [6, 6.07) is 19.2. The largest absolute Gasteiger partial charge is 0.358 e. The minimum Gasteiger partial charge on any atom is -0.358 e. The van der Waals surface area contributed by atoms with Crippen molar-refractivity contribution in [1.29, 1.82) is 0 Å². The van der Waals surface area contributed by atoms with Gasteiger partial charge in [-0.1, -0.05) is 66.7 Å². The van der Waals surface area contributed by atoms with Crippen LogP contribution in [-0.4, -0.2) is 14.5 Å². The molecule has 0 saturated heterocycles. The summed E-state index contributed by atoms with van der Waals surface area (Å²) in [6.45, 7) is 0.420. The molecule has 0 unspecified atom stereocenters. The highest BCUT2D eigenvalue weighted by Crippen LogP contribution is 2.21. The highest BCUT2D eigenvalue weighted by atomic mass is 16.6. The van der Waals surface area contributed by atoms with E-state index in [1.807, 2.05) is 66.7 Å². The fourth-order valence-electron chi connectivity index (χ4n) is 2.34. The quantitative estimate of drug-likeness (QED) is 0.528. The van der Waals surface area contributed by atoms with Crippen LogP contribution in [0.15, 0.2) is 67.0 Å². The first-order valence-electron chi connectivity index (χ1n) is 7.20. The highest BCUT2D eigenvalue weighted by molar-refractivity contribution is 5.71. The molecule has 0 bridgehead atoms. The smallest absolute Gasteiger partial charge is 0.350 e. The van der Waals surface area contributed by atoms with E-state index in [4.69, 9.17) is 0 Å². The van der Waals surface area contributed by atoms with E-state index in [2.05, 4.69) is 4.98 Å². The van der Waals surface area contributed by atoms with Crippen molar-refractivity contribution >= 4 is 18.0 Å². The molecular weight excluding hydrogens is 290 g/mol. The minimum absolute atomic E-state index is 0.000958. The van der Waals surface area contributed by atoms with Crippen molar-refractivity contribution < 1.29 is 4.92 Å². The van der Waals surface area contributed by atoms with Gasteiger partial charge in [-0.15, -0.1) is 0 Å². The zero-order valence-corrected chi connectivity index (χ0v) is 12.4. The third-order valence-electron chi connectivity index (χ3n) is 3.44. The third kappa shape index (κ3) is 3.52. The van der Waals surface area contributed by atoms with Gasteiger partial charge in [0, 0.05) is 0 Å². The summed E-state index contributed by atoms with van der Waals surface area (Å²) in [7, 11) is 0. The molecule has 2 aromatic carbocycles. The van der Waals surface area contributed by atoms with Crippen LogP contribution in [0.4, 0.5) is 5.82 Å². The van der Waals surface area contributed by atoms with Crippen molar-refractivity contribution in [3.63, 3.8) is 0 Å². The second kappa shape index (κ2) is 6.70. The molecule has 5 nitrogen and oxygen atoms in total. The van der Waals surface area contributed by atoms with E-state index < -0.39 is 0 Å². The van der Waals surface area contributed by atoms with Crippen molar-refractivity contribution in [2.24, 2.45) is 0 Å². The second-order valence-corrected chi connectivity index (χ2v) is 5.07. The molecule has 0 aliphatic carbocycles. The average Bonchev–Trinajstić information content (AvgIpc) is 2.98. The SMILES string of the molecule is O=[N+]([O-])c1c(/C=C/c2ccccc2)ncn1Cc1ccccc1. The first kappa shape index (κ1) is 14.7. The summed E-state index contributed by atoms with van der Waals surface area (Å²) in [5, 5.41) is 11.4. The zero-order valence-electron chi connectivity index (χ0n) is 12.4. The Hall–Kier alpha value is -3.21. The summed E-state index contributed by atoms with van der Waals surface area (Å²) in [5.74, 6) is 0.000958. The van der Waals surface area contributed by atoms with Gasteiger partial charge < -0.3 is 10.1 Å². The van der Waals surface area contributed by atoms with Crippen LogP contribution in [0.3, 0.4) is 0 Å². The summed E-state index contributed by atoms with van der Waals surface area (Å²) in [5.41, 5.74) is 2.32. The number of aromatic nitrogens is 2. The van der Waals surface area contributed by atoms with E-state index in [-0.39, 0.29) is 10.7 Å². The van der Waals surface area contributed by atoms with E-state index >= 15 is 0 Å². The maximum atomic E-state index is 11.4. The fourth-order valence-corrected chi connectivity index (χ4v) is 2.34. The van der Waals surface area contributed by atoms with Gasteiger partial charge in [0.1, 0.15) is 6.54 Å². The number of benzene rings is 2. The molecule has 0 saturated carbocycles. The van der Waals surface area contributed by atoms with Crippen LogP contribution in [0.5, 0.6) is 0 Å². The molecule has 1 aromatic heterocycles. The first-order chi connectivity index (χ1) is 11.2. The number of nitrogens with zero attached hydrogens (tertiary/aromatic N) is 3. The van der Waals surface area contributed by atoms with Gasteiger partial charge in [0.05, 0.1) is 0 Å². The summed E-state index contributed by atoms with van der Waals surface area (Å²) < 4.78 is 1.56. The van der Waals surface area contributed by atoms with E-state index in [9.17, 15) is 10.1 Å². The molecule has 0 aliphatic rings. The van der Waals surface area contributed by atoms with Crippen molar-refractivity contribution in [3.8, 4) is 0 Å². The molecule has 0 atom stereocenters. The van der Waals surface area contributed by atoms with Gasteiger partial charge in [-0.25, -0.2) is 9.55 Å². The lowest BCUT2D eigenvalue weighted by molar-refractivity contribution is -0.392. The van der Waals surface area contributed by atoms with Gasteiger partial charge in [0.15, 0.2) is 12.0 Å². The second-order valence-electron chi connectivity index (χ2n) is 5.07.